The molecule has 7 nitrogen and oxygen atoms in total. The lowest BCUT2D eigenvalue weighted by molar-refractivity contribution is -0.155. The van der Waals surface area contributed by atoms with Crippen LogP contribution in [0.5, 0.6) is 5.75 Å². The van der Waals surface area contributed by atoms with Crippen molar-refractivity contribution in [2.45, 2.75) is 58.8 Å². The summed E-state index contributed by atoms with van der Waals surface area (Å²) in [5.41, 5.74) is 1.75. The number of nitrogens with one attached hydrogen (secondary N) is 1. The van der Waals surface area contributed by atoms with E-state index in [0.29, 0.717) is 21.3 Å². The van der Waals surface area contributed by atoms with Crippen LogP contribution in [0.1, 0.15) is 54.5 Å². The summed E-state index contributed by atoms with van der Waals surface area (Å²) in [4.78, 5) is 30.5. The Morgan fingerprint density at radius 2 is 1.72 bits per heavy atom. The average molecular weight is 531 g/mol. The Kier molecular flexibility index (Phi) is 9.48. The number of hydrogen-bond acceptors (Lipinski definition) is 6. The summed E-state index contributed by atoms with van der Waals surface area (Å²) in [6, 6.07) is 14.5. The second kappa shape index (κ2) is 12.3. The van der Waals surface area contributed by atoms with E-state index in [2.05, 4.69) is 10.3 Å². The van der Waals surface area contributed by atoms with Gasteiger partial charge in [0.05, 0.1) is 17.2 Å². The first-order chi connectivity index (χ1) is 17.1. The maximum atomic E-state index is 13.1. The smallest absolute Gasteiger partial charge is 0.333 e. The van der Waals surface area contributed by atoms with E-state index in [1.54, 1.807) is 44.2 Å². The van der Waals surface area contributed by atoms with Crippen LogP contribution >= 0.6 is 22.9 Å². The Morgan fingerprint density at radius 3 is 2.31 bits per heavy atom. The molecule has 0 spiro atoms. The highest BCUT2D eigenvalue weighted by molar-refractivity contribution is 7.15. The van der Waals surface area contributed by atoms with Crippen molar-refractivity contribution in [1.29, 1.82) is 0 Å². The number of carbonyl (C=O) groups excluding carboxylic acids is 1. The number of thiazole rings is 1. The summed E-state index contributed by atoms with van der Waals surface area (Å²) in [5, 5.41) is 14.0. The summed E-state index contributed by atoms with van der Waals surface area (Å²) in [5.74, 6) is -1.45. The first-order valence-corrected chi connectivity index (χ1v) is 12.9. The van der Waals surface area contributed by atoms with Crippen LogP contribution in [0.15, 0.2) is 48.5 Å². The highest BCUT2D eigenvalue weighted by atomic mass is 35.5. The third-order valence-corrected chi connectivity index (χ3v) is 6.64. The first kappa shape index (κ1) is 27.6. The van der Waals surface area contributed by atoms with Crippen molar-refractivity contribution in [2.75, 3.05) is 6.54 Å². The van der Waals surface area contributed by atoms with E-state index in [1.165, 1.54) is 11.3 Å². The van der Waals surface area contributed by atoms with E-state index >= 15 is 0 Å². The molecule has 1 aromatic heterocycles. The van der Waals surface area contributed by atoms with Crippen LogP contribution in [-0.2, 0) is 9.53 Å². The monoisotopic (exact) mass is 530 g/mol. The molecule has 0 fully saturated rings. The van der Waals surface area contributed by atoms with Gasteiger partial charge in [-0.2, -0.15) is 0 Å². The minimum Gasteiger partial charge on any atom is -0.491 e. The highest BCUT2D eigenvalue weighted by Crippen LogP contribution is 2.33. The van der Waals surface area contributed by atoms with Crippen molar-refractivity contribution in [3.8, 4) is 16.3 Å². The fourth-order valence-corrected chi connectivity index (χ4v) is 4.96. The number of halogens is 1. The standard InChI is InChI=1S/C27H31ClN2O5S/c1-15(2)34-19-12-10-18(11-13-19)21(24(27(32)33)35-16(3)4)14-29-25(31)23-17(5)36-26(30-23)20-8-6-7-9-22(20)28/h6-13,15-16,21,24H,14H2,1-5H3,(H,29,31)(H,32,33). The van der Waals surface area contributed by atoms with Crippen LogP contribution in [0.25, 0.3) is 10.6 Å². The Morgan fingerprint density at radius 1 is 1.06 bits per heavy atom. The minimum atomic E-state index is -1.16. The van der Waals surface area contributed by atoms with Crippen molar-refractivity contribution in [3.05, 3.63) is 69.7 Å². The molecular formula is C27H31ClN2O5S. The van der Waals surface area contributed by atoms with Gasteiger partial charge in [0.1, 0.15) is 16.5 Å². The number of carbonyl (C=O) groups is 2. The molecule has 9 heteroatoms. The Bertz CT molecular complexity index is 1190. The number of amides is 1. The van der Waals surface area contributed by atoms with E-state index < -0.39 is 18.0 Å². The third kappa shape index (κ3) is 7.06. The number of aromatic nitrogens is 1. The van der Waals surface area contributed by atoms with E-state index in [1.807, 2.05) is 39.0 Å². The molecule has 0 aliphatic rings. The van der Waals surface area contributed by atoms with Gasteiger partial charge in [-0.15, -0.1) is 11.3 Å². The van der Waals surface area contributed by atoms with Crippen molar-refractivity contribution in [1.82, 2.24) is 10.3 Å². The molecular weight excluding hydrogens is 500 g/mol. The summed E-state index contributed by atoms with van der Waals surface area (Å²) >= 11 is 7.68. The molecule has 2 N–H and O–H groups in total. The largest absolute Gasteiger partial charge is 0.491 e. The predicted octanol–water partition coefficient (Wildman–Crippen LogP) is 5.95. The van der Waals surface area contributed by atoms with Gasteiger partial charge >= 0.3 is 5.97 Å². The lowest BCUT2D eigenvalue weighted by Crippen LogP contribution is -2.40. The molecule has 3 aromatic rings. The Balaban J connectivity index is 1.84. The molecule has 0 radical (unpaired) electrons. The van der Waals surface area contributed by atoms with Crippen molar-refractivity contribution in [3.63, 3.8) is 0 Å². The predicted molar refractivity (Wildman–Crippen MR) is 142 cm³/mol. The van der Waals surface area contributed by atoms with Gasteiger partial charge in [0.2, 0.25) is 0 Å². The molecule has 0 saturated carbocycles. The number of carboxylic acids is 1. The fourth-order valence-electron chi connectivity index (χ4n) is 3.73. The average Bonchev–Trinajstić information content (AvgIpc) is 3.20. The molecule has 2 aromatic carbocycles. The highest BCUT2D eigenvalue weighted by Gasteiger charge is 2.32. The SMILES string of the molecule is Cc1sc(-c2ccccc2Cl)nc1C(=O)NCC(c1ccc(OC(C)C)cc1)C(OC(C)C)C(=O)O. The number of carboxylic acid groups (broad SMARTS) is 1. The molecule has 2 atom stereocenters. The van der Waals surface area contributed by atoms with Crippen molar-refractivity contribution in [2.24, 2.45) is 0 Å². The van der Waals surface area contributed by atoms with Gasteiger partial charge in [-0.05, 0) is 58.4 Å². The number of aliphatic carboxylic acids is 1. The van der Waals surface area contributed by atoms with Crippen LogP contribution in [-0.4, -0.2) is 46.8 Å². The van der Waals surface area contributed by atoms with Crippen LogP contribution in [0.3, 0.4) is 0 Å². The number of nitrogens with zero attached hydrogens (tertiary/aromatic N) is 1. The maximum Gasteiger partial charge on any atom is 0.333 e. The topological polar surface area (TPSA) is 97.8 Å². The molecule has 3 rings (SSSR count). The quantitative estimate of drug-likeness (QED) is 0.318. The van der Waals surface area contributed by atoms with Gasteiger partial charge in [-0.1, -0.05) is 41.9 Å². The maximum absolute atomic E-state index is 13.1. The van der Waals surface area contributed by atoms with Gasteiger partial charge in [0.25, 0.3) is 5.91 Å². The second-order valence-corrected chi connectivity index (χ2v) is 10.5. The lowest BCUT2D eigenvalue weighted by atomic mass is 9.92. The van der Waals surface area contributed by atoms with Crippen molar-refractivity contribution < 1.29 is 24.2 Å². The van der Waals surface area contributed by atoms with Gasteiger partial charge in [0.15, 0.2) is 6.10 Å². The zero-order valence-electron chi connectivity index (χ0n) is 20.9. The number of hydrogen-bond donors (Lipinski definition) is 2. The number of aryl methyl sites for hydroxylation is 1. The van der Waals surface area contributed by atoms with Crippen LogP contribution < -0.4 is 10.1 Å². The van der Waals surface area contributed by atoms with Crippen LogP contribution in [0, 0.1) is 6.92 Å². The molecule has 0 saturated heterocycles. The van der Waals surface area contributed by atoms with Gasteiger partial charge in [-0.3, -0.25) is 4.79 Å². The summed E-state index contributed by atoms with van der Waals surface area (Å²) in [7, 11) is 0. The normalized spacial score (nSPS) is 13.0. The first-order valence-electron chi connectivity index (χ1n) is 11.7. The molecule has 1 heterocycles. The number of ether oxygens (including phenoxy) is 2. The zero-order chi connectivity index (χ0) is 26.4. The van der Waals surface area contributed by atoms with Crippen LogP contribution in [0.4, 0.5) is 0 Å². The molecule has 192 valence electrons. The fraction of sp³-hybridized carbons (Fsp3) is 0.370. The molecule has 0 bridgehead atoms. The number of rotatable bonds is 11. The molecule has 0 aliphatic carbocycles. The Hall–Kier alpha value is -2.94. The van der Waals surface area contributed by atoms with Gasteiger partial charge in [-0.25, -0.2) is 9.78 Å². The Labute approximate surface area is 220 Å². The number of benzene rings is 2. The minimum absolute atomic E-state index is 0.0130. The second-order valence-electron chi connectivity index (χ2n) is 8.90. The van der Waals surface area contributed by atoms with E-state index in [-0.39, 0.29) is 30.4 Å². The van der Waals surface area contributed by atoms with Crippen molar-refractivity contribution >= 4 is 34.8 Å². The molecule has 0 aliphatic heterocycles. The molecule has 36 heavy (non-hydrogen) atoms. The summed E-state index contributed by atoms with van der Waals surface area (Å²) in [6.07, 6.45) is -1.46. The van der Waals surface area contributed by atoms with E-state index in [0.717, 1.165) is 10.4 Å². The molecule has 1 amide bonds. The van der Waals surface area contributed by atoms with Crippen LogP contribution in [0.2, 0.25) is 5.02 Å². The summed E-state index contributed by atoms with van der Waals surface area (Å²) in [6.45, 7) is 9.28. The van der Waals surface area contributed by atoms with Gasteiger partial charge in [0, 0.05) is 22.9 Å². The molecule has 2 unspecified atom stereocenters. The van der Waals surface area contributed by atoms with E-state index in [9.17, 15) is 14.7 Å². The van der Waals surface area contributed by atoms with Gasteiger partial charge < -0.3 is 19.9 Å². The lowest BCUT2D eigenvalue weighted by Gasteiger charge is -2.27. The van der Waals surface area contributed by atoms with E-state index in [4.69, 9.17) is 21.1 Å². The third-order valence-electron chi connectivity index (χ3n) is 5.31. The summed E-state index contributed by atoms with van der Waals surface area (Å²) < 4.78 is 11.5. The zero-order valence-corrected chi connectivity index (χ0v) is 22.5.